The van der Waals surface area contributed by atoms with Crippen molar-refractivity contribution < 1.29 is 4.74 Å². The predicted molar refractivity (Wildman–Crippen MR) is 69.8 cm³/mol. The molecule has 0 saturated heterocycles. The molecule has 0 saturated carbocycles. The molecule has 17 heavy (non-hydrogen) atoms. The van der Waals surface area contributed by atoms with Gasteiger partial charge in [0.2, 0.25) is 5.90 Å². The first kappa shape index (κ1) is 11.1. The maximum Gasteiger partial charge on any atom is 0.219 e. The lowest BCUT2D eigenvalue weighted by Gasteiger charge is -2.09. The highest BCUT2D eigenvalue weighted by atomic mass is 16.5. The van der Waals surface area contributed by atoms with Crippen LogP contribution < -0.4 is 0 Å². The van der Waals surface area contributed by atoms with Gasteiger partial charge in [0.1, 0.15) is 5.76 Å². The summed E-state index contributed by atoms with van der Waals surface area (Å²) in [5.41, 5.74) is 1.62. The van der Waals surface area contributed by atoms with Gasteiger partial charge in [-0.3, -0.25) is 5.41 Å². The Hall–Kier alpha value is -2.35. The summed E-state index contributed by atoms with van der Waals surface area (Å²) in [6.07, 6.45) is 0. The highest BCUT2D eigenvalue weighted by molar-refractivity contribution is 5.94. The SMILES string of the molecule is C=C(OC(=N)c1ccccc1)c1ccccc1. The van der Waals surface area contributed by atoms with Crippen molar-refractivity contribution in [3.8, 4) is 0 Å². The molecule has 0 heterocycles. The van der Waals surface area contributed by atoms with Crippen LogP contribution in [-0.2, 0) is 4.74 Å². The Bertz CT molecular complexity index is 468. The van der Waals surface area contributed by atoms with Crippen LogP contribution in [-0.4, -0.2) is 5.90 Å². The Balaban J connectivity index is 2.08. The summed E-state index contributed by atoms with van der Waals surface area (Å²) < 4.78 is 5.41. The molecule has 2 nitrogen and oxygen atoms in total. The van der Waals surface area contributed by atoms with Crippen molar-refractivity contribution in [3.05, 3.63) is 78.4 Å². The van der Waals surface area contributed by atoms with Gasteiger partial charge in [-0.05, 0) is 12.1 Å². The van der Waals surface area contributed by atoms with E-state index in [-0.39, 0.29) is 5.90 Å². The molecule has 0 radical (unpaired) electrons. The number of benzene rings is 2. The minimum atomic E-state index is 0.111. The fraction of sp³-hybridized carbons (Fsp3) is 0. The normalized spacial score (nSPS) is 9.65. The van der Waals surface area contributed by atoms with Crippen molar-refractivity contribution in [3.63, 3.8) is 0 Å². The molecule has 2 aromatic carbocycles. The maximum atomic E-state index is 7.83. The number of rotatable bonds is 3. The van der Waals surface area contributed by atoms with E-state index in [0.717, 1.165) is 11.1 Å². The highest BCUT2D eigenvalue weighted by Crippen LogP contribution is 2.15. The van der Waals surface area contributed by atoms with E-state index in [1.165, 1.54) is 0 Å². The van der Waals surface area contributed by atoms with E-state index in [9.17, 15) is 0 Å². The van der Waals surface area contributed by atoms with Crippen molar-refractivity contribution in [1.29, 1.82) is 5.41 Å². The molecule has 0 fully saturated rings. The molecular weight excluding hydrogens is 210 g/mol. The van der Waals surface area contributed by atoms with E-state index in [2.05, 4.69) is 6.58 Å². The summed E-state index contributed by atoms with van der Waals surface area (Å²) in [6, 6.07) is 18.9. The van der Waals surface area contributed by atoms with Gasteiger partial charge in [0.15, 0.2) is 0 Å². The molecule has 2 heteroatoms. The third kappa shape index (κ3) is 2.82. The summed E-state index contributed by atoms with van der Waals surface area (Å²) in [6.45, 7) is 3.83. The Labute approximate surface area is 101 Å². The average molecular weight is 223 g/mol. The van der Waals surface area contributed by atoms with Crippen LogP contribution in [0, 0.1) is 5.41 Å². The topological polar surface area (TPSA) is 33.1 Å². The van der Waals surface area contributed by atoms with E-state index in [1.54, 1.807) is 0 Å². The van der Waals surface area contributed by atoms with Gasteiger partial charge in [-0.2, -0.15) is 0 Å². The first-order valence-corrected chi connectivity index (χ1v) is 5.33. The first-order valence-electron chi connectivity index (χ1n) is 5.33. The van der Waals surface area contributed by atoms with Crippen LogP contribution in [0.5, 0.6) is 0 Å². The largest absolute Gasteiger partial charge is 0.439 e. The maximum absolute atomic E-state index is 7.83. The average Bonchev–Trinajstić information content (AvgIpc) is 2.40. The van der Waals surface area contributed by atoms with E-state index < -0.39 is 0 Å². The zero-order chi connectivity index (χ0) is 12.1. The number of hydrogen-bond donors (Lipinski definition) is 1. The summed E-state index contributed by atoms with van der Waals surface area (Å²) in [5.74, 6) is 0.596. The van der Waals surface area contributed by atoms with Crippen molar-refractivity contribution in [2.24, 2.45) is 0 Å². The lowest BCUT2D eigenvalue weighted by molar-refractivity contribution is 0.506. The molecule has 1 N–H and O–H groups in total. The summed E-state index contributed by atoms with van der Waals surface area (Å²) >= 11 is 0. The van der Waals surface area contributed by atoms with Crippen molar-refractivity contribution >= 4 is 11.7 Å². The molecule has 0 spiro atoms. The Morgan fingerprint density at radius 3 is 1.82 bits per heavy atom. The summed E-state index contributed by atoms with van der Waals surface area (Å²) in [5, 5.41) is 7.83. The predicted octanol–water partition coefficient (Wildman–Crippen LogP) is 3.70. The van der Waals surface area contributed by atoms with Crippen LogP contribution in [0.4, 0.5) is 0 Å². The van der Waals surface area contributed by atoms with Gasteiger partial charge in [-0.25, -0.2) is 0 Å². The second-order valence-corrected chi connectivity index (χ2v) is 3.59. The van der Waals surface area contributed by atoms with Gasteiger partial charge in [0, 0.05) is 11.1 Å². The summed E-state index contributed by atoms with van der Waals surface area (Å²) in [4.78, 5) is 0. The molecular formula is C15H13NO. The van der Waals surface area contributed by atoms with Crippen molar-refractivity contribution in [2.45, 2.75) is 0 Å². The van der Waals surface area contributed by atoms with Crippen LogP contribution in [0.25, 0.3) is 5.76 Å². The van der Waals surface area contributed by atoms with Crippen LogP contribution in [0.15, 0.2) is 67.2 Å². The monoisotopic (exact) mass is 223 g/mol. The highest BCUT2D eigenvalue weighted by Gasteiger charge is 2.05. The second kappa shape index (κ2) is 5.12. The van der Waals surface area contributed by atoms with Crippen LogP contribution in [0.2, 0.25) is 0 Å². The van der Waals surface area contributed by atoms with Crippen molar-refractivity contribution in [2.75, 3.05) is 0 Å². The molecule has 0 aliphatic heterocycles. The smallest absolute Gasteiger partial charge is 0.219 e. The standard InChI is InChI=1S/C15H13NO/c1-12(13-8-4-2-5-9-13)17-15(16)14-10-6-3-7-11-14/h2-11,16H,1H2. The number of hydrogen-bond acceptors (Lipinski definition) is 2. The van der Waals surface area contributed by atoms with Gasteiger partial charge >= 0.3 is 0 Å². The molecule has 2 rings (SSSR count). The Kier molecular flexibility index (Phi) is 3.36. The molecule has 0 aliphatic rings. The van der Waals surface area contributed by atoms with Gasteiger partial charge in [-0.1, -0.05) is 55.1 Å². The van der Waals surface area contributed by atoms with Gasteiger partial charge < -0.3 is 4.74 Å². The fourth-order valence-electron chi connectivity index (χ4n) is 1.45. The second-order valence-electron chi connectivity index (χ2n) is 3.59. The number of nitrogens with one attached hydrogen (secondary N) is 1. The van der Waals surface area contributed by atoms with Gasteiger partial charge in [0.25, 0.3) is 0 Å². The minimum Gasteiger partial charge on any atom is -0.439 e. The van der Waals surface area contributed by atoms with E-state index in [0.29, 0.717) is 5.76 Å². The third-order valence-corrected chi connectivity index (χ3v) is 2.36. The fourth-order valence-corrected chi connectivity index (χ4v) is 1.45. The molecule has 0 atom stereocenters. The molecule has 2 aromatic rings. The minimum absolute atomic E-state index is 0.111. The molecule has 0 aliphatic carbocycles. The zero-order valence-corrected chi connectivity index (χ0v) is 9.39. The van der Waals surface area contributed by atoms with Crippen LogP contribution >= 0.6 is 0 Å². The van der Waals surface area contributed by atoms with E-state index >= 15 is 0 Å². The molecule has 0 bridgehead atoms. The van der Waals surface area contributed by atoms with Gasteiger partial charge in [0.05, 0.1) is 0 Å². The molecule has 0 unspecified atom stereocenters. The lowest BCUT2D eigenvalue weighted by Crippen LogP contribution is -2.03. The zero-order valence-electron chi connectivity index (χ0n) is 9.39. The van der Waals surface area contributed by atoms with Crippen molar-refractivity contribution in [1.82, 2.24) is 0 Å². The lowest BCUT2D eigenvalue weighted by atomic mass is 10.2. The number of ether oxygens (including phenoxy) is 1. The van der Waals surface area contributed by atoms with Crippen LogP contribution in [0.1, 0.15) is 11.1 Å². The molecule has 84 valence electrons. The quantitative estimate of drug-likeness (QED) is 0.480. The Morgan fingerprint density at radius 2 is 1.29 bits per heavy atom. The third-order valence-electron chi connectivity index (χ3n) is 2.36. The van der Waals surface area contributed by atoms with Gasteiger partial charge in [-0.15, -0.1) is 0 Å². The molecule has 0 aromatic heterocycles. The van der Waals surface area contributed by atoms with Crippen LogP contribution in [0.3, 0.4) is 0 Å². The molecule has 0 amide bonds. The van der Waals surface area contributed by atoms with E-state index in [4.69, 9.17) is 10.1 Å². The Morgan fingerprint density at radius 1 is 0.824 bits per heavy atom. The summed E-state index contributed by atoms with van der Waals surface area (Å²) in [7, 11) is 0. The first-order chi connectivity index (χ1) is 8.27. The van der Waals surface area contributed by atoms with E-state index in [1.807, 2.05) is 60.7 Å².